The summed E-state index contributed by atoms with van der Waals surface area (Å²) < 4.78 is 72.5. The zero-order valence-electron chi connectivity index (χ0n) is 8.25. The van der Waals surface area contributed by atoms with Gasteiger partial charge in [-0.3, -0.25) is 4.94 Å². The van der Waals surface area contributed by atoms with Crippen molar-refractivity contribution >= 4 is 15.2 Å². The number of benzene rings is 1. The van der Waals surface area contributed by atoms with Crippen molar-refractivity contribution < 1.29 is 31.4 Å². The summed E-state index contributed by atoms with van der Waals surface area (Å²) in [4.78, 5) is 2.50. The van der Waals surface area contributed by atoms with E-state index in [1.165, 1.54) is 0 Å². The normalized spacial score (nSPS) is 9.25. The third-order valence-corrected chi connectivity index (χ3v) is 1.25. The molecule has 0 saturated heterocycles. The molecular formula is C8H6AlF6O. The average Bonchev–Trinajstić information content (AvgIpc) is 2.26. The van der Waals surface area contributed by atoms with Crippen LogP contribution in [0.5, 0.6) is 5.75 Å². The van der Waals surface area contributed by atoms with Crippen LogP contribution in [-0.2, 0) is 0 Å². The third kappa shape index (κ3) is 3.06. The summed E-state index contributed by atoms with van der Waals surface area (Å²) in [7, 11) is 0. The first kappa shape index (κ1) is 15.1. The molecule has 8 heteroatoms. The monoisotopic (exact) mass is 259 g/mol. The fourth-order valence-corrected chi connectivity index (χ4v) is 0.652. The van der Waals surface area contributed by atoms with Crippen LogP contribution in [0.1, 0.15) is 0 Å². The first-order valence-corrected chi connectivity index (χ1v) is 6.27. The fraction of sp³-hybridized carbons (Fsp3) is 0.250. The maximum Gasteiger partial charge on any atom is 0.249 e. The number of hydrogen-bond acceptors (Lipinski definition) is 1. The fourth-order valence-electron chi connectivity index (χ4n) is 0.652. The molecule has 0 aromatic heterocycles. The Balaban J connectivity index is 0.000000673. The van der Waals surface area contributed by atoms with E-state index in [2.05, 4.69) is 16.5 Å². The second kappa shape index (κ2) is 6.66. The van der Waals surface area contributed by atoms with Gasteiger partial charge in [0.15, 0.2) is 15.2 Å². The van der Waals surface area contributed by atoms with Crippen molar-refractivity contribution in [3.8, 4) is 5.75 Å². The molecule has 0 fully saturated rings. The molecule has 0 N–H and O–H groups in total. The molecule has 1 nitrogen and oxygen atoms in total. The molecule has 0 atom stereocenters. The van der Waals surface area contributed by atoms with E-state index in [1.807, 2.05) is 0 Å². The molecule has 0 aliphatic heterocycles. The van der Waals surface area contributed by atoms with E-state index in [-0.39, 0.29) is 0 Å². The lowest BCUT2D eigenvalue weighted by Gasteiger charge is -2.02. The van der Waals surface area contributed by atoms with E-state index < -0.39 is 34.8 Å². The molecule has 89 valence electrons. The Labute approximate surface area is 93.6 Å². The minimum Gasteiger partial charge on any atom is -0.288 e. The number of halogens is 6. The van der Waals surface area contributed by atoms with Crippen LogP contribution in [0.3, 0.4) is 0 Å². The van der Waals surface area contributed by atoms with Gasteiger partial charge in [0, 0.05) is 4.53 Å². The smallest absolute Gasteiger partial charge is 0.249 e. The Morgan fingerprint density at radius 1 is 0.750 bits per heavy atom. The predicted molar refractivity (Wildman–Crippen MR) is 45.5 cm³/mol. The van der Waals surface area contributed by atoms with Crippen molar-refractivity contribution in [2.45, 2.75) is 11.6 Å². The summed E-state index contributed by atoms with van der Waals surface area (Å²) in [6, 6.07) is 0. The molecule has 0 aliphatic rings. The lowest BCUT2D eigenvalue weighted by Crippen LogP contribution is -2.02. The molecule has 0 amide bonds. The summed E-state index contributed by atoms with van der Waals surface area (Å²) in [5.74, 6) is -9.11. The van der Waals surface area contributed by atoms with Crippen molar-refractivity contribution in [1.82, 2.24) is 0 Å². The maximum absolute atomic E-state index is 12.3. The summed E-state index contributed by atoms with van der Waals surface area (Å²) in [5, 5.41) is 0. The molecule has 1 radical (unpaired) electrons. The molecule has 0 saturated carbocycles. The highest BCUT2D eigenvalue weighted by atomic mass is 27.1. The molecule has 0 unspecified atom stereocenters. The van der Waals surface area contributed by atoms with Gasteiger partial charge >= 0.3 is 0 Å². The SMILES string of the molecule is FOc1c(F)c(F)c(F)c(F)c1F.[CH3][Al][CH3]. The van der Waals surface area contributed by atoms with Gasteiger partial charge in [0.2, 0.25) is 34.8 Å². The standard InChI is InChI=1S/C6F6O.2CH3.Al/c7-1-2(8)4(10)6(13-12)5(11)3(1)9;;;/h;2*1H3;. The van der Waals surface area contributed by atoms with Crippen LogP contribution >= 0.6 is 0 Å². The zero-order chi connectivity index (χ0) is 12.9. The van der Waals surface area contributed by atoms with Crippen LogP contribution in [0.2, 0.25) is 11.6 Å². The molecule has 1 aromatic rings. The van der Waals surface area contributed by atoms with E-state index in [0.29, 0.717) is 0 Å². The molecule has 1 rings (SSSR count). The summed E-state index contributed by atoms with van der Waals surface area (Å²) in [6.07, 6.45) is 0. The number of rotatable bonds is 1. The molecule has 16 heavy (non-hydrogen) atoms. The molecule has 1 aromatic carbocycles. The van der Waals surface area contributed by atoms with Gasteiger partial charge < -0.3 is 0 Å². The lowest BCUT2D eigenvalue weighted by molar-refractivity contribution is -0.0173. The van der Waals surface area contributed by atoms with E-state index in [0.717, 1.165) is 15.2 Å². The van der Waals surface area contributed by atoms with Crippen LogP contribution in [0.15, 0.2) is 0 Å². The van der Waals surface area contributed by atoms with E-state index in [4.69, 9.17) is 0 Å². The van der Waals surface area contributed by atoms with E-state index >= 15 is 0 Å². The van der Waals surface area contributed by atoms with Gasteiger partial charge in [-0.15, -0.1) is 11.6 Å². The topological polar surface area (TPSA) is 9.23 Å². The average molecular weight is 259 g/mol. The highest BCUT2D eigenvalue weighted by Gasteiger charge is 2.27. The summed E-state index contributed by atoms with van der Waals surface area (Å²) >= 11 is 0.750. The Bertz CT molecular complexity index is 341. The maximum atomic E-state index is 12.3. The Morgan fingerprint density at radius 2 is 1.00 bits per heavy atom. The van der Waals surface area contributed by atoms with Gasteiger partial charge in [-0.2, -0.15) is 8.78 Å². The van der Waals surface area contributed by atoms with Crippen molar-refractivity contribution in [3.63, 3.8) is 0 Å². The van der Waals surface area contributed by atoms with E-state index in [9.17, 15) is 26.5 Å². The Morgan fingerprint density at radius 3 is 1.25 bits per heavy atom. The van der Waals surface area contributed by atoms with Gasteiger partial charge in [0.05, 0.1) is 0 Å². The minimum atomic E-state index is -2.36. The first-order chi connectivity index (χ1) is 7.42. The first-order valence-electron chi connectivity index (χ1n) is 3.96. The van der Waals surface area contributed by atoms with Gasteiger partial charge in [0.25, 0.3) is 0 Å². The second-order valence-electron chi connectivity index (χ2n) is 2.55. The quantitative estimate of drug-likeness (QED) is 0.325. The molecule has 0 bridgehead atoms. The van der Waals surface area contributed by atoms with Crippen molar-refractivity contribution in [2.75, 3.05) is 0 Å². The highest BCUT2D eigenvalue weighted by Crippen LogP contribution is 2.28. The molecule has 0 spiro atoms. The highest BCUT2D eigenvalue weighted by molar-refractivity contribution is 6.31. The van der Waals surface area contributed by atoms with Gasteiger partial charge in [-0.05, 0) is 0 Å². The van der Waals surface area contributed by atoms with Gasteiger partial charge in [-0.1, -0.05) is 0 Å². The van der Waals surface area contributed by atoms with Gasteiger partial charge in [-0.25, -0.2) is 13.2 Å². The van der Waals surface area contributed by atoms with Crippen LogP contribution < -0.4 is 4.94 Å². The van der Waals surface area contributed by atoms with Crippen molar-refractivity contribution in [1.29, 1.82) is 0 Å². The van der Waals surface area contributed by atoms with Crippen LogP contribution in [0.25, 0.3) is 0 Å². The van der Waals surface area contributed by atoms with Crippen LogP contribution in [0.4, 0.5) is 26.5 Å². The van der Waals surface area contributed by atoms with Crippen molar-refractivity contribution in [2.24, 2.45) is 0 Å². The number of hydrogen-bond donors (Lipinski definition) is 0. The van der Waals surface area contributed by atoms with Crippen molar-refractivity contribution in [3.05, 3.63) is 29.1 Å². The van der Waals surface area contributed by atoms with Gasteiger partial charge in [0.1, 0.15) is 0 Å². The lowest BCUT2D eigenvalue weighted by atomic mass is 10.3. The Kier molecular flexibility index (Phi) is 6.30. The minimum absolute atomic E-state index is 0.750. The summed E-state index contributed by atoms with van der Waals surface area (Å²) in [6.45, 7) is 0. The van der Waals surface area contributed by atoms with Crippen LogP contribution in [-0.4, -0.2) is 15.2 Å². The molecule has 0 heterocycles. The zero-order valence-corrected chi connectivity index (χ0v) is 9.41. The van der Waals surface area contributed by atoms with Crippen LogP contribution in [0, 0.1) is 29.1 Å². The van der Waals surface area contributed by atoms with E-state index in [1.54, 1.807) is 0 Å². The molecular weight excluding hydrogens is 253 g/mol. The summed E-state index contributed by atoms with van der Waals surface area (Å²) in [5.41, 5.74) is 0. The second-order valence-corrected chi connectivity index (χ2v) is 3.71. The Hall–Kier alpha value is -0.868. The predicted octanol–water partition coefficient (Wildman–Crippen LogP) is 3.43. The molecule has 0 aliphatic carbocycles. The third-order valence-electron chi connectivity index (χ3n) is 1.25. The largest absolute Gasteiger partial charge is 0.288 e.